The van der Waals surface area contributed by atoms with Gasteiger partial charge in [-0.15, -0.1) is 0 Å². The van der Waals surface area contributed by atoms with Crippen molar-refractivity contribution < 1.29 is 9.53 Å². The Morgan fingerprint density at radius 3 is 2.69 bits per heavy atom. The van der Waals surface area contributed by atoms with Crippen LogP contribution in [-0.4, -0.2) is 19.0 Å². The Hall–Kier alpha value is -2.33. The first-order chi connectivity index (χ1) is 12.7. The van der Waals surface area contributed by atoms with Crippen LogP contribution in [0.15, 0.2) is 48.5 Å². The molecule has 136 valence electrons. The van der Waals surface area contributed by atoms with Gasteiger partial charge < -0.3 is 15.4 Å². The predicted octanol–water partition coefficient (Wildman–Crippen LogP) is 3.90. The molecule has 1 aliphatic heterocycles. The predicted molar refractivity (Wildman–Crippen MR) is 103 cm³/mol. The van der Waals surface area contributed by atoms with E-state index in [1.807, 2.05) is 55.5 Å². The number of anilines is 1. The first kappa shape index (κ1) is 17.1. The fourth-order valence-electron chi connectivity index (χ4n) is 4.02. The lowest BCUT2D eigenvalue weighted by Gasteiger charge is -2.23. The van der Waals surface area contributed by atoms with Crippen molar-refractivity contribution in [3.05, 3.63) is 59.7 Å². The molecular formula is C22H26N2O2. The third-order valence-corrected chi connectivity index (χ3v) is 5.81. The molecule has 26 heavy (non-hydrogen) atoms. The quantitative estimate of drug-likeness (QED) is 0.860. The van der Waals surface area contributed by atoms with Crippen molar-refractivity contribution >= 4 is 11.6 Å². The second kappa shape index (κ2) is 7.12. The summed E-state index contributed by atoms with van der Waals surface area (Å²) in [5.41, 5.74) is 3.33. The highest BCUT2D eigenvalue weighted by Crippen LogP contribution is 2.58. The fraction of sp³-hybridized carbons (Fsp3) is 0.409. The number of aryl methyl sites for hydroxylation is 1. The van der Waals surface area contributed by atoms with Gasteiger partial charge in [0.25, 0.3) is 0 Å². The van der Waals surface area contributed by atoms with Gasteiger partial charge in [-0.1, -0.05) is 30.3 Å². The number of benzene rings is 2. The lowest BCUT2D eigenvalue weighted by Crippen LogP contribution is -2.31. The topological polar surface area (TPSA) is 50.4 Å². The van der Waals surface area contributed by atoms with Gasteiger partial charge in [0.2, 0.25) is 5.91 Å². The van der Waals surface area contributed by atoms with E-state index >= 15 is 0 Å². The van der Waals surface area contributed by atoms with Crippen LogP contribution in [0.2, 0.25) is 0 Å². The van der Waals surface area contributed by atoms with Gasteiger partial charge in [-0.05, 0) is 74.0 Å². The smallest absolute Gasteiger partial charge is 0.228 e. The molecule has 0 aromatic heterocycles. The summed E-state index contributed by atoms with van der Waals surface area (Å²) in [5, 5.41) is 6.51. The van der Waals surface area contributed by atoms with Gasteiger partial charge in [-0.3, -0.25) is 4.79 Å². The maximum atomic E-state index is 12.6. The average molecular weight is 350 g/mol. The molecule has 2 aromatic carbocycles. The van der Waals surface area contributed by atoms with E-state index in [0.29, 0.717) is 6.61 Å². The Bertz CT molecular complexity index is 782. The number of piperidine rings is 1. The van der Waals surface area contributed by atoms with Crippen molar-refractivity contribution in [3.63, 3.8) is 0 Å². The van der Waals surface area contributed by atoms with Crippen LogP contribution in [0.5, 0.6) is 5.75 Å². The second-order valence-electron chi connectivity index (χ2n) is 7.61. The molecule has 1 heterocycles. The summed E-state index contributed by atoms with van der Waals surface area (Å²) in [4.78, 5) is 12.6. The van der Waals surface area contributed by atoms with Crippen molar-refractivity contribution in [2.24, 2.45) is 11.3 Å². The summed E-state index contributed by atoms with van der Waals surface area (Å²) in [5.74, 6) is 1.18. The van der Waals surface area contributed by atoms with E-state index in [-0.39, 0.29) is 17.2 Å². The number of amides is 1. The highest BCUT2D eigenvalue weighted by Gasteiger charge is 2.57. The Balaban J connectivity index is 1.35. The number of nitrogens with one attached hydrogen (secondary N) is 2. The zero-order valence-electron chi connectivity index (χ0n) is 15.3. The van der Waals surface area contributed by atoms with Gasteiger partial charge in [0, 0.05) is 11.6 Å². The lowest BCUT2D eigenvalue weighted by molar-refractivity contribution is -0.118. The van der Waals surface area contributed by atoms with Crippen molar-refractivity contribution in [1.82, 2.24) is 5.32 Å². The molecule has 4 rings (SSSR count). The normalized spacial score (nSPS) is 20.6. The van der Waals surface area contributed by atoms with Crippen LogP contribution in [0.3, 0.4) is 0 Å². The number of rotatable bonds is 5. The van der Waals surface area contributed by atoms with Gasteiger partial charge in [0.15, 0.2) is 0 Å². The minimum absolute atomic E-state index is 0.174. The maximum absolute atomic E-state index is 12.6. The van der Waals surface area contributed by atoms with Gasteiger partial charge in [0.1, 0.15) is 12.4 Å². The standard InChI is InChI=1S/C22H26N2O2/c1-16-13-18(26-15-17-5-3-2-4-6-17)7-8-20(16)24-21(25)19-14-22(19)9-11-23-12-10-22/h2-8,13,19,23H,9-12,14-15H2,1H3,(H,24,25). The van der Waals surface area contributed by atoms with Crippen LogP contribution in [-0.2, 0) is 11.4 Å². The monoisotopic (exact) mass is 350 g/mol. The number of carbonyl (C=O) groups is 1. The molecule has 1 saturated heterocycles. The summed E-state index contributed by atoms with van der Waals surface area (Å²) in [6.45, 7) is 4.63. The summed E-state index contributed by atoms with van der Waals surface area (Å²) < 4.78 is 5.86. The highest BCUT2D eigenvalue weighted by molar-refractivity contribution is 5.95. The van der Waals surface area contributed by atoms with E-state index in [1.54, 1.807) is 0 Å². The zero-order valence-corrected chi connectivity index (χ0v) is 15.3. The van der Waals surface area contributed by atoms with E-state index in [9.17, 15) is 4.79 Å². The van der Waals surface area contributed by atoms with Crippen LogP contribution in [0.25, 0.3) is 0 Å². The molecule has 2 N–H and O–H groups in total. The molecule has 1 spiro atoms. The Kier molecular flexibility index (Phi) is 4.68. The summed E-state index contributed by atoms with van der Waals surface area (Å²) in [6, 6.07) is 16.0. The summed E-state index contributed by atoms with van der Waals surface area (Å²) in [7, 11) is 0. The maximum Gasteiger partial charge on any atom is 0.228 e. The Labute approximate surface area is 155 Å². The lowest BCUT2D eigenvalue weighted by atomic mass is 9.91. The largest absolute Gasteiger partial charge is 0.489 e. The minimum Gasteiger partial charge on any atom is -0.489 e. The molecule has 0 radical (unpaired) electrons. The third kappa shape index (κ3) is 3.61. The molecule has 4 nitrogen and oxygen atoms in total. The molecular weight excluding hydrogens is 324 g/mol. The van der Waals surface area contributed by atoms with Gasteiger partial charge in [-0.2, -0.15) is 0 Å². The molecule has 2 aromatic rings. The zero-order chi connectivity index (χ0) is 18.0. The van der Waals surface area contributed by atoms with Crippen molar-refractivity contribution in [3.8, 4) is 5.75 Å². The molecule has 2 aliphatic rings. The fourth-order valence-corrected chi connectivity index (χ4v) is 4.02. The third-order valence-electron chi connectivity index (χ3n) is 5.81. The highest BCUT2D eigenvalue weighted by atomic mass is 16.5. The molecule has 4 heteroatoms. The number of carbonyl (C=O) groups excluding carboxylic acids is 1. The van der Waals surface area contributed by atoms with Gasteiger partial charge in [-0.25, -0.2) is 0 Å². The summed E-state index contributed by atoms with van der Waals surface area (Å²) >= 11 is 0. The van der Waals surface area contributed by atoms with E-state index in [4.69, 9.17) is 4.74 Å². The Morgan fingerprint density at radius 1 is 1.19 bits per heavy atom. The van der Waals surface area contributed by atoms with E-state index in [0.717, 1.165) is 54.9 Å². The van der Waals surface area contributed by atoms with Gasteiger partial charge >= 0.3 is 0 Å². The van der Waals surface area contributed by atoms with Crippen molar-refractivity contribution in [1.29, 1.82) is 0 Å². The summed E-state index contributed by atoms with van der Waals surface area (Å²) in [6.07, 6.45) is 3.28. The van der Waals surface area contributed by atoms with Crippen LogP contribution in [0.1, 0.15) is 30.4 Å². The molecule has 1 amide bonds. The van der Waals surface area contributed by atoms with Crippen LogP contribution < -0.4 is 15.4 Å². The van der Waals surface area contributed by atoms with E-state index in [2.05, 4.69) is 10.6 Å². The number of hydrogen-bond acceptors (Lipinski definition) is 3. The molecule has 1 aliphatic carbocycles. The molecule has 1 atom stereocenters. The minimum atomic E-state index is 0.174. The van der Waals surface area contributed by atoms with Crippen LogP contribution in [0, 0.1) is 18.3 Å². The van der Waals surface area contributed by atoms with Crippen LogP contribution in [0.4, 0.5) is 5.69 Å². The number of hydrogen-bond donors (Lipinski definition) is 2. The van der Waals surface area contributed by atoms with Crippen LogP contribution >= 0.6 is 0 Å². The van der Waals surface area contributed by atoms with Crippen molar-refractivity contribution in [2.75, 3.05) is 18.4 Å². The molecule has 0 bridgehead atoms. The van der Waals surface area contributed by atoms with Gasteiger partial charge in [0.05, 0.1) is 0 Å². The molecule has 1 unspecified atom stereocenters. The molecule has 2 fully saturated rings. The first-order valence-electron chi connectivity index (χ1n) is 9.45. The SMILES string of the molecule is Cc1cc(OCc2ccccc2)ccc1NC(=O)C1CC12CCNCC2. The number of ether oxygens (including phenoxy) is 1. The molecule has 1 saturated carbocycles. The second-order valence-corrected chi connectivity index (χ2v) is 7.61. The van der Waals surface area contributed by atoms with E-state index in [1.165, 1.54) is 0 Å². The average Bonchev–Trinajstić information content (AvgIpc) is 3.36. The van der Waals surface area contributed by atoms with Crippen molar-refractivity contribution in [2.45, 2.75) is 32.8 Å². The Morgan fingerprint density at radius 2 is 1.96 bits per heavy atom. The van der Waals surface area contributed by atoms with E-state index < -0.39 is 0 Å². The first-order valence-corrected chi connectivity index (χ1v) is 9.45.